The predicted octanol–water partition coefficient (Wildman–Crippen LogP) is 0.925. The molecule has 176 valence electrons. The van der Waals surface area contributed by atoms with Gasteiger partial charge in [-0.25, -0.2) is 9.97 Å². The van der Waals surface area contributed by atoms with Crippen LogP contribution in [0.1, 0.15) is 16.7 Å². The van der Waals surface area contributed by atoms with Crippen LogP contribution >= 0.6 is 0 Å². The number of fused-ring (bicyclic) bond motifs is 1. The molecule has 5 N–H and O–H groups in total. The molecule has 0 saturated carbocycles. The molecule has 3 aromatic rings. The molecule has 2 aromatic carbocycles. The molecule has 2 heterocycles. The number of amides is 2. The molecule has 1 unspecified atom stereocenters. The molecule has 0 spiro atoms. The number of ether oxygens (including phenoxy) is 1. The van der Waals surface area contributed by atoms with E-state index in [0.29, 0.717) is 36.5 Å². The lowest BCUT2D eigenvalue weighted by Crippen LogP contribution is -2.60. The molecule has 10 nitrogen and oxygen atoms in total. The maximum atomic E-state index is 13.3. The number of benzene rings is 2. The van der Waals surface area contributed by atoms with E-state index in [-0.39, 0.29) is 30.7 Å². The van der Waals surface area contributed by atoms with Gasteiger partial charge in [0.05, 0.1) is 18.5 Å². The highest BCUT2D eigenvalue weighted by molar-refractivity contribution is 5.95. The minimum atomic E-state index is -0.708. The summed E-state index contributed by atoms with van der Waals surface area (Å²) in [5.41, 5.74) is 14.4. The molecular weight excluding hydrogens is 434 g/mol. The molecule has 34 heavy (non-hydrogen) atoms. The third-order valence-corrected chi connectivity index (χ3v) is 5.93. The first-order chi connectivity index (χ1) is 16.4. The lowest BCUT2D eigenvalue weighted by atomic mass is 10.0. The van der Waals surface area contributed by atoms with Crippen molar-refractivity contribution in [3.05, 3.63) is 65.5 Å². The fourth-order valence-electron chi connectivity index (χ4n) is 4.18. The molecule has 1 atom stereocenters. The molecule has 1 aromatic heterocycles. The number of nitrogens with zero attached hydrogens (tertiary/aromatic N) is 4. The second-order valence-corrected chi connectivity index (χ2v) is 8.22. The molecular formula is C24H27N7O3. The Balaban J connectivity index is 1.48. The van der Waals surface area contributed by atoms with Crippen LogP contribution in [-0.2, 0) is 27.3 Å². The summed E-state index contributed by atoms with van der Waals surface area (Å²) in [4.78, 5) is 38.0. The van der Waals surface area contributed by atoms with Crippen molar-refractivity contribution in [3.8, 4) is 0 Å². The van der Waals surface area contributed by atoms with Crippen LogP contribution in [0.5, 0.6) is 0 Å². The molecule has 10 heteroatoms. The predicted molar refractivity (Wildman–Crippen MR) is 128 cm³/mol. The Hall–Kier alpha value is -4.05. The molecule has 1 saturated heterocycles. The minimum absolute atomic E-state index is 0.0572. The van der Waals surface area contributed by atoms with Crippen molar-refractivity contribution in [1.82, 2.24) is 19.8 Å². The molecule has 2 amide bonds. The summed E-state index contributed by atoms with van der Waals surface area (Å²) in [6.07, 6.45) is 1.53. The van der Waals surface area contributed by atoms with Crippen molar-refractivity contribution in [2.75, 3.05) is 32.5 Å². The zero-order valence-electron chi connectivity index (χ0n) is 18.9. The van der Waals surface area contributed by atoms with Gasteiger partial charge in [-0.3, -0.25) is 15.0 Å². The molecule has 0 aliphatic carbocycles. The van der Waals surface area contributed by atoms with Gasteiger partial charge >= 0.3 is 0 Å². The van der Waals surface area contributed by atoms with Crippen molar-refractivity contribution in [1.29, 1.82) is 5.41 Å². The Bertz CT molecular complexity index is 1250. The first kappa shape index (κ1) is 23.1. The highest BCUT2D eigenvalue weighted by Gasteiger charge is 2.37. The van der Waals surface area contributed by atoms with Gasteiger partial charge in [0.15, 0.2) is 0 Å². The second-order valence-electron chi connectivity index (χ2n) is 8.22. The van der Waals surface area contributed by atoms with Gasteiger partial charge in [0, 0.05) is 37.7 Å². The zero-order chi connectivity index (χ0) is 24.2. The highest BCUT2D eigenvalue weighted by atomic mass is 16.5. The summed E-state index contributed by atoms with van der Waals surface area (Å²) in [5, 5.41) is 8.36. The molecule has 4 rings (SSSR count). The number of hydrogen-bond acceptors (Lipinski definition) is 7. The van der Waals surface area contributed by atoms with Gasteiger partial charge in [0.1, 0.15) is 24.0 Å². The van der Waals surface area contributed by atoms with Crippen molar-refractivity contribution in [2.24, 2.45) is 5.73 Å². The van der Waals surface area contributed by atoms with Crippen LogP contribution in [-0.4, -0.2) is 70.3 Å². The van der Waals surface area contributed by atoms with E-state index in [4.69, 9.17) is 21.6 Å². The Kier molecular flexibility index (Phi) is 6.69. The van der Waals surface area contributed by atoms with Gasteiger partial charge in [-0.05, 0) is 29.3 Å². The third-order valence-electron chi connectivity index (χ3n) is 5.93. The zero-order valence-corrected chi connectivity index (χ0v) is 18.9. The summed E-state index contributed by atoms with van der Waals surface area (Å²) in [7, 11) is 1.51. The minimum Gasteiger partial charge on any atom is -0.384 e. The summed E-state index contributed by atoms with van der Waals surface area (Å²) in [5.74, 6) is 0.0156. The summed E-state index contributed by atoms with van der Waals surface area (Å²) >= 11 is 0. The van der Waals surface area contributed by atoms with Crippen molar-refractivity contribution in [2.45, 2.75) is 19.0 Å². The van der Waals surface area contributed by atoms with Gasteiger partial charge in [-0.1, -0.05) is 24.3 Å². The number of carbonyl (C=O) groups is 2. The van der Waals surface area contributed by atoms with Crippen molar-refractivity contribution >= 4 is 34.4 Å². The standard InChI is InChI=1S/C24H27N7O3/c1-34-13-20-24(33)30(12-16-5-6-18-19(10-16)28-14-29-23(18)27)7-8-31(20)21(32)11-15-3-2-4-17(9-15)22(25)26/h2-6,9-10,14,20H,7-8,11-13H2,1H3,(H3,25,26)(H2,27,28,29). The topological polar surface area (TPSA) is 152 Å². The quantitative estimate of drug-likeness (QED) is 0.349. The van der Waals surface area contributed by atoms with Gasteiger partial charge in [-0.2, -0.15) is 0 Å². The number of methoxy groups -OCH3 is 1. The molecule has 0 radical (unpaired) electrons. The van der Waals surface area contributed by atoms with E-state index in [2.05, 4.69) is 9.97 Å². The fraction of sp³-hybridized carbons (Fsp3) is 0.292. The number of nitrogens with two attached hydrogens (primary N) is 2. The molecule has 1 aliphatic heterocycles. The van der Waals surface area contributed by atoms with E-state index < -0.39 is 6.04 Å². The van der Waals surface area contributed by atoms with Crippen LogP contribution in [0.25, 0.3) is 10.9 Å². The molecule has 0 bridgehead atoms. The summed E-state index contributed by atoms with van der Waals surface area (Å²) in [6, 6.07) is 12.0. The largest absolute Gasteiger partial charge is 0.384 e. The number of hydrogen-bond donors (Lipinski definition) is 3. The van der Waals surface area contributed by atoms with E-state index in [1.165, 1.54) is 13.4 Å². The maximum absolute atomic E-state index is 13.3. The Labute approximate surface area is 197 Å². The van der Waals surface area contributed by atoms with Crippen LogP contribution in [0.15, 0.2) is 48.8 Å². The maximum Gasteiger partial charge on any atom is 0.248 e. The Morgan fingerprint density at radius 1 is 1.18 bits per heavy atom. The smallest absolute Gasteiger partial charge is 0.248 e. The van der Waals surface area contributed by atoms with E-state index in [1.807, 2.05) is 24.3 Å². The lowest BCUT2D eigenvalue weighted by molar-refractivity contribution is -0.154. The normalized spacial score (nSPS) is 16.1. The van der Waals surface area contributed by atoms with Crippen molar-refractivity contribution in [3.63, 3.8) is 0 Å². The van der Waals surface area contributed by atoms with E-state index >= 15 is 0 Å². The number of carbonyl (C=O) groups excluding carboxylic acids is 2. The van der Waals surface area contributed by atoms with Crippen LogP contribution in [0.3, 0.4) is 0 Å². The summed E-state index contributed by atoms with van der Waals surface area (Å²) < 4.78 is 5.29. The first-order valence-corrected chi connectivity index (χ1v) is 10.9. The van der Waals surface area contributed by atoms with Crippen LogP contribution < -0.4 is 11.5 Å². The van der Waals surface area contributed by atoms with E-state index in [9.17, 15) is 9.59 Å². The molecule has 1 fully saturated rings. The van der Waals surface area contributed by atoms with Gasteiger partial charge in [0.25, 0.3) is 0 Å². The number of rotatable bonds is 7. The SMILES string of the molecule is COCC1C(=O)N(Cc2ccc3c(N)ncnc3c2)CCN1C(=O)Cc1cccc(C(=N)N)c1. The Morgan fingerprint density at radius 2 is 2.00 bits per heavy atom. The van der Waals surface area contributed by atoms with E-state index in [1.54, 1.807) is 28.0 Å². The lowest BCUT2D eigenvalue weighted by Gasteiger charge is -2.40. The Morgan fingerprint density at radius 3 is 2.76 bits per heavy atom. The molecule has 1 aliphatic rings. The van der Waals surface area contributed by atoms with Gasteiger partial charge < -0.3 is 26.0 Å². The number of amidine groups is 1. The monoisotopic (exact) mass is 461 g/mol. The van der Waals surface area contributed by atoms with Crippen LogP contribution in [0.2, 0.25) is 0 Å². The number of nitrogen functional groups attached to an aromatic ring is 2. The number of aromatic nitrogens is 2. The number of nitrogens with one attached hydrogen (secondary N) is 1. The highest BCUT2D eigenvalue weighted by Crippen LogP contribution is 2.21. The van der Waals surface area contributed by atoms with Gasteiger partial charge in [-0.15, -0.1) is 0 Å². The van der Waals surface area contributed by atoms with Crippen LogP contribution in [0.4, 0.5) is 5.82 Å². The fourth-order valence-corrected chi connectivity index (χ4v) is 4.18. The van der Waals surface area contributed by atoms with Crippen LogP contribution in [0, 0.1) is 5.41 Å². The van der Waals surface area contributed by atoms with E-state index in [0.717, 1.165) is 16.5 Å². The average molecular weight is 462 g/mol. The average Bonchev–Trinajstić information content (AvgIpc) is 2.82. The van der Waals surface area contributed by atoms with Gasteiger partial charge in [0.2, 0.25) is 11.8 Å². The first-order valence-electron chi connectivity index (χ1n) is 10.9. The summed E-state index contributed by atoms with van der Waals surface area (Å²) in [6.45, 7) is 1.30. The third kappa shape index (κ3) is 4.81. The van der Waals surface area contributed by atoms with Crippen molar-refractivity contribution < 1.29 is 14.3 Å². The number of piperazine rings is 1. The second kappa shape index (κ2) is 9.84. The number of anilines is 1.